The Morgan fingerprint density at radius 2 is 2.08 bits per heavy atom. The Labute approximate surface area is 73.8 Å². The van der Waals surface area contributed by atoms with Crippen LogP contribution in [-0.2, 0) is 0 Å². The number of rotatable bonds is 0. The number of hydrogen-bond acceptors (Lipinski definition) is 3. The van der Waals surface area contributed by atoms with E-state index in [1.54, 1.807) is 30.3 Å². The van der Waals surface area contributed by atoms with E-state index in [1.807, 2.05) is 6.07 Å². The van der Waals surface area contributed by atoms with Crippen molar-refractivity contribution in [2.45, 2.75) is 0 Å². The molecule has 0 bridgehead atoms. The highest BCUT2D eigenvalue weighted by Crippen LogP contribution is 2.10. The summed E-state index contributed by atoms with van der Waals surface area (Å²) in [5.41, 5.74) is -0.463. The smallest absolute Gasteiger partial charge is 0.344 e. The highest BCUT2D eigenvalue weighted by atomic mass is 16.4. The third-order valence-corrected chi connectivity index (χ3v) is 1.78. The summed E-state index contributed by atoms with van der Waals surface area (Å²) in [6.45, 7) is 0. The first kappa shape index (κ1) is 7.56. The Morgan fingerprint density at radius 3 is 2.85 bits per heavy atom. The molecular formula is C10H5NO2. The summed E-state index contributed by atoms with van der Waals surface area (Å²) in [6, 6.07) is 10.3. The van der Waals surface area contributed by atoms with Crippen LogP contribution in [0.4, 0.5) is 0 Å². The van der Waals surface area contributed by atoms with Crippen LogP contribution in [0.2, 0.25) is 0 Å². The quantitative estimate of drug-likeness (QED) is 0.605. The van der Waals surface area contributed by atoms with E-state index in [0.717, 1.165) is 5.39 Å². The van der Waals surface area contributed by atoms with Crippen LogP contribution in [-0.4, -0.2) is 0 Å². The average molecular weight is 171 g/mol. The van der Waals surface area contributed by atoms with E-state index < -0.39 is 5.63 Å². The van der Waals surface area contributed by atoms with Gasteiger partial charge in [0.25, 0.3) is 0 Å². The molecule has 0 spiro atoms. The third-order valence-electron chi connectivity index (χ3n) is 1.78. The molecule has 0 aliphatic heterocycles. The van der Waals surface area contributed by atoms with Gasteiger partial charge in [-0.3, -0.25) is 0 Å². The minimum atomic E-state index is -0.463. The van der Waals surface area contributed by atoms with Gasteiger partial charge in [-0.05, 0) is 11.5 Å². The molecule has 2 rings (SSSR count). The zero-order valence-electron chi connectivity index (χ0n) is 6.65. The van der Waals surface area contributed by atoms with Crippen LogP contribution in [0.5, 0.6) is 0 Å². The largest absolute Gasteiger partial charge is 0.411 e. The Balaban J connectivity index is 2.95. The standard InChI is InChI=1S/C10H5NO2/c11-6-8-5-7-3-1-2-4-9(7)10(12)13-8/h1-5H. The molecule has 0 saturated carbocycles. The molecular weight excluding hydrogens is 166 g/mol. The SMILES string of the molecule is N#Cc1cc2ccccc2c(=O)o1. The number of benzene rings is 1. The lowest BCUT2D eigenvalue weighted by Crippen LogP contribution is -1.99. The lowest BCUT2D eigenvalue weighted by molar-refractivity contribution is 0.506. The molecule has 0 N–H and O–H groups in total. The molecule has 3 heteroatoms. The first-order valence-corrected chi connectivity index (χ1v) is 3.74. The molecule has 2 aromatic rings. The fourth-order valence-corrected chi connectivity index (χ4v) is 1.19. The van der Waals surface area contributed by atoms with E-state index in [9.17, 15) is 4.79 Å². The summed E-state index contributed by atoms with van der Waals surface area (Å²) in [6.07, 6.45) is 0. The van der Waals surface area contributed by atoms with Gasteiger partial charge in [0.15, 0.2) is 0 Å². The van der Waals surface area contributed by atoms with Crippen LogP contribution in [0, 0.1) is 11.3 Å². The van der Waals surface area contributed by atoms with E-state index in [1.165, 1.54) is 0 Å². The van der Waals surface area contributed by atoms with Crippen molar-refractivity contribution in [3.63, 3.8) is 0 Å². The van der Waals surface area contributed by atoms with Crippen molar-refractivity contribution in [3.05, 3.63) is 46.5 Å². The first-order chi connectivity index (χ1) is 6.31. The Kier molecular flexibility index (Phi) is 1.60. The van der Waals surface area contributed by atoms with Gasteiger partial charge in [0, 0.05) is 6.07 Å². The molecule has 0 aliphatic rings. The van der Waals surface area contributed by atoms with Gasteiger partial charge in [-0.2, -0.15) is 5.26 Å². The van der Waals surface area contributed by atoms with Gasteiger partial charge in [-0.1, -0.05) is 18.2 Å². The zero-order valence-corrected chi connectivity index (χ0v) is 6.65. The maximum Gasteiger partial charge on any atom is 0.344 e. The minimum Gasteiger partial charge on any atom is -0.411 e. The van der Waals surface area contributed by atoms with E-state index in [2.05, 4.69) is 0 Å². The molecule has 13 heavy (non-hydrogen) atoms. The molecule has 1 aromatic carbocycles. The topological polar surface area (TPSA) is 54.0 Å². The van der Waals surface area contributed by atoms with Crippen LogP contribution in [0.15, 0.2) is 39.5 Å². The predicted molar refractivity (Wildman–Crippen MR) is 47.2 cm³/mol. The van der Waals surface area contributed by atoms with E-state index in [4.69, 9.17) is 9.68 Å². The molecule has 0 radical (unpaired) electrons. The van der Waals surface area contributed by atoms with Gasteiger partial charge in [-0.25, -0.2) is 4.79 Å². The predicted octanol–water partition coefficient (Wildman–Crippen LogP) is 1.66. The van der Waals surface area contributed by atoms with Crippen molar-refractivity contribution in [2.75, 3.05) is 0 Å². The Hall–Kier alpha value is -2.08. The highest BCUT2D eigenvalue weighted by molar-refractivity contribution is 5.81. The van der Waals surface area contributed by atoms with Gasteiger partial charge >= 0.3 is 5.63 Å². The van der Waals surface area contributed by atoms with Crippen LogP contribution >= 0.6 is 0 Å². The molecule has 0 saturated heterocycles. The average Bonchev–Trinajstić information content (AvgIpc) is 2.18. The second-order valence-corrected chi connectivity index (χ2v) is 2.60. The maximum atomic E-state index is 11.2. The number of nitrogens with zero attached hydrogens (tertiary/aromatic N) is 1. The molecule has 0 aliphatic carbocycles. The van der Waals surface area contributed by atoms with Gasteiger partial charge in [0.1, 0.15) is 6.07 Å². The molecule has 3 nitrogen and oxygen atoms in total. The fraction of sp³-hybridized carbons (Fsp3) is 0. The normalized spacial score (nSPS) is 9.77. The zero-order chi connectivity index (χ0) is 9.26. The Morgan fingerprint density at radius 1 is 1.31 bits per heavy atom. The van der Waals surface area contributed by atoms with Crippen LogP contribution in [0.1, 0.15) is 5.76 Å². The lowest BCUT2D eigenvalue weighted by atomic mass is 10.2. The number of nitriles is 1. The monoisotopic (exact) mass is 171 g/mol. The first-order valence-electron chi connectivity index (χ1n) is 3.74. The lowest BCUT2D eigenvalue weighted by Gasteiger charge is -1.94. The minimum absolute atomic E-state index is 0.0451. The van der Waals surface area contributed by atoms with Gasteiger partial charge in [-0.15, -0.1) is 0 Å². The van der Waals surface area contributed by atoms with E-state index in [0.29, 0.717) is 5.39 Å². The molecule has 0 fully saturated rings. The summed E-state index contributed by atoms with van der Waals surface area (Å²) in [5.74, 6) is 0.0451. The third kappa shape index (κ3) is 1.18. The molecule has 62 valence electrons. The maximum absolute atomic E-state index is 11.2. The summed E-state index contributed by atoms with van der Waals surface area (Å²) >= 11 is 0. The number of fused-ring (bicyclic) bond motifs is 1. The Bertz CT molecular complexity index is 549. The summed E-state index contributed by atoms with van der Waals surface area (Å²) < 4.78 is 4.72. The highest BCUT2D eigenvalue weighted by Gasteiger charge is 2.01. The van der Waals surface area contributed by atoms with Crippen molar-refractivity contribution < 1.29 is 4.42 Å². The second kappa shape index (κ2) is 2.76. The molecule has 1 heterocycles. The summed E-state index contributed by atoms with van der Waals surface area (Å²) in [7, 11) is 0. The van der Waals surface area contributed by atoms with Crippen molar-refractivity contribution in [1.29, 1.82) is 5.26 Å². The van der Waals surface area contributed by atoms with Crippen LogP contribution < -0.4 is 5.63 Å². The molecule has 0 unspecified atom stereocenters. The number of hydrogen-bond donors (Lipinski definition) is 0. The van der Waals surface area contributed by atoms with Crippen LogP contribution in [0.25, 0.3) is 10.8 Å². The van der Waals surface area contributed by atoms with Crippen molar-refractivity contribution in [3.8, 4) is 6.07 Å². The van der Waals surface area contributed by atoms with Crippen LogP contribution in [0.3, 0.4) is 0 Å². The van der Waals surface area contributed by atoms with Crippen molar-refractivity contribution in [1.82, 2.24) is 0 Å². The molecule has 0 amide bonds. The van der Waals surface area contributed by atoms with Crippen molar-refractivity contribution >= 4 is 10.8 Å². The summed E-state index contributed by atoms with van der Waals surface area (Å²) in [5, 5.41) is 9.77. The van der Waals surface area contributed by atoms with Gasteiger partial charge in [0.2, 0.25) is 5.76 Å². The molecule has 1 aromatic heterocycles. The summed E-state index contributed by atoms with van der Waals surface area (Å²) in [4.78, 5) is 11.2. The fourth-order valence-electron chi connectivity index (χ4n) is 1.19. The molecule has 0 atom stereocenters. The van der Waals surface area contributed by atoms with E-state index >= 15 is 0 Å². The van der Waals surface area contributed by atoms with Gasteiger partial charge < -0.3 is 4.42 Å². The second-order valence-electron chi connectivity index (χ2n) is 2.60. The van der Waals surface area contributed by atoms with E-state index in [-0.39, 0.29) is 5.76 Å². The van der Waals surface area contributed by atoms with Crippen molar-refractivity contribution in [2.24, 2.45) is 0 Å². The van der Waals surface area contributed by atoms with Gasteiger partial charge in [0.05, 0.1) is 5.39 Å².